The van der Waals surface area contributed by atoms with Gasteiger partial charge in [-0.3, -0.25) is 4.79 Å². The Morgan fingerprint density at radius 2 is 2.12 bits per heavy atom. The maximum absolute atomic E-state index is 12.8. The molecule has 0 saturated carbocycles. The van der Waals surface area contributed by atoms with Crippen molar-refractivity contribution in [2.45, 2.75) is 31.9 Å². The summed E-state index contributed by atoms with van der Waals surface area (Å²) < 4.78 is 12.5. The Morgan fingerprint density at radius 3 is 2.85 bits per heavy atom. The van der Waals surface area contributed by atoms with Gasteiger partial charge in [0.2, 0.25) is 5.91 Å². The van der Waals surface area contributed by atoms with Crippen molar-refractivity contribution in [1.29, 1.82) is 0 Å². The predicted octanol–water partition coefficient (Wildman–Crippen LogP) is 4.37. The van der Waals surface area contributed by atoms with Gasteiger partial charge < -0.3 is 14.4 Å². The molecule has 1 unspecified atom stereocenters. The average Bonchev–Trinajstić information content (AvgIpc) is 3.14. The SMILES string of the molecule is C=C1/C=C\C=C(\OCC2CCCO2)CC(=O)N(Cc2ccc(Br)cc2)C1. The van der Waals surface area contributed by atoms with Crippen molar-refractivity contribution in [3.63, 3.8) is 0 Å². The van der Waals surface area contributed by atoms with Gasteiger partial charge in [0, 0.05) is 24.2 Å². The molecule has 0 bridgehead atoms. The Morgan fingerprint density at radius 1 is 1.31 bits per heavy atom. The molecule has 0 radical (unpaired) electrons. The van der Waals surface area contributed by atoms with Crippen LogP contribution in [0.3, 0.4) is 0 Å². The van der Waals surface area contributed by atoms with E-state index in [1.807, 2.05) is 47.4 Å². The van der Waals surface area contributed by atoms with E-state index in [0.717, 1.165) is 35.1 Å². The lowest BCUT2D eigenvalue weighted by molar-refractivity contribution is -0.131. The Balaban J connectivity index is 1.66. The van der Waals surface area contributed by atoms with Crippen molar-refractivity contribution in [1.82, 2.24) is 4.90 Å². The van der Waals surface area contributed by atoms with Crippen LogP contribution in [-0.4, -0.2) is 36.7 Å². The molecule has 2 heterocycles. The molecule has 1 saturated heterocycles. The van der Waals surface area contributed by atoms with E-state index in [-0.39, 0.29) is 18.4 Å². The zero-order valence-electron chi connectivity index (χ0n) is 14.8. The van der Waals surface area contributed by atoms with Crippen LogP contribution in [0.15, 0.2) is 64.9 Å². The van der Waals surface area contributed by atoms with Crippen molar-refractivity contribution in [3.05, 3.63) is 70.4 Å². The Bertz CT molecular complexity index is 702. The number of carbonyl (C=O) groups is 1. The molecule has 0 spiro atoms. The van der Waals surface area contributed by atoms with E-state index in [4.69, 9.17) is 9.47 Å². The summed E-state index contributed by atoms with van der Waals surface area (Å²) in [5.74, 6) is 0.716. The van der Waals surface area contributed by atoms with E-state index in [0.29, 0.717) is 25.5 Å². The summed E-state index contributed by atoms with van der Waals surface area (Å²) in [5, 5.41) is 0. The highest BCUT2D eigenvalue weighted by atomic mass is 79.9. The maximum Gasteiger partial charge on any atom is 0.230 e. The number of benzene rings is 1. The molecule has 1 atom stereocenters. The quantitative estimate of drug-likeness (QED) is 0.713. The molecule has 4 nitrogen and oxygen atoms in total. The summed E-state index contributed by atoms with van der Waals surface area (Å²) in [4.78, 5) is 14.7. The second-order valence-electron chi connectivity index (χ2n) is 6.65. The number of allylic oxidation sites excluding steroid dienone is 2. The van der Waals surface area contributed by atoms with Crippen molar-refractivity contribution in [2.24, 2.45) is 0 Å². The van der Waals surface area contributed by atoms with E-state index in [1.54, 1.807) is 0 Å². The van der Waals surface area contributed by atoms with E-state index in [9.17, 15) is 4.79 Å². The highest BCUT2D eigenvalue weighted by Gasteiger charge is 2.20. The number of rotatable bonds is 5. The largest absolute Gasteiger partial charge is 0.495 e. The van der Waals surface area contributed by atoms with E-state index in [2.05, 4.69) is 22.5 Å². The number of nitrogens with zero attached hydrogens (tertiary/aromatic N) is 1. The Kier molecular flexibility index (Phi) is 6.69. The molecule has 1 aromatic carbocycles. The second kappa shape index (κ2) is 9.19. The minimum Gasteiger partial charge on any atom is -0.495 e. The normalized spacial score (nSPS) is 24.4. The maximum atomic E-state index is 12.8. The Hall–Kier alpha value is -1.85. The average molecular weight is 418 g/mol. The van der Waals surface area contributed by atoms with Crippen LogP contribution in [0.1, 0.15) is 24.8 Å². The molecule has 2 aliphatic heterocycles. The lowest BCUT2D eigenvalue weighted by atomic mass is 10.2. The van der Waals surface area contributed by atoms with Crippen LogP contribution in [0.4, 0.5) is 0 Å². The number of carbonyl (C=O) groups excluding carboxylic acids is 1. The molecule has 1 fully saturated rings. The third kappa shape index (κ3) is 5.58. The smallest absolute Gasteiger partial charge is 0.230 e. The van der Waals surface area contributed by atoms with E-state index >= 15 is 0 Å². The first-order valence-electron chi connectivity index (χ1n) is 8.92. The summed E-state index contributed by atoms with van der Waals surface area (Å²) >= 11 is 3.44. The van der Waals surface area contributed by atoms with Crippen LogP contribution in [-0.2, 0) is 20.8 Å². The van der Waals surface area contributed by atoms with Gasteiger partial charge >= 0.3 is 0 Å². The van der Waals surface area contributed by atoms with Crippen molar-refractivity contribution in [2.75, 3.05) is 19.8 Å². The van der Waals surface area contributed by atoms with Gasteiger partial charge in [-0.2, -0.15) is 0 Å². The summed E-state index contributed by atoms with van der Waals surface area (Å²) in [7, 11) is 0. The molecule has 0 aliphatic carbocycles. The fraction of sp³-hybridized carbons (Fsp3) is 0.381. The second-order valence-corrected chi connectivity index (χ2v) is 7.57. The van der Waals surface area contributed by atoms with Crippen molar-refractivity contribution >= 4 is 21.8 Å². The Labute approximate surface area is 163 Å². The summed E-state index contributed by atoms with van der Waals surface area (Å²) in [6.45, 7) is 6.42. The lowest BCUT2D eigenvalue weighted by Crippen LogP contribution is -2.32. The standard InChI is InChI=1S/C21H24BrNO3/c1-16-4-2-5-19(26-15-20-6-3-11-25-20)12-21(24)23(13-16)14-17-7-9-18(22)10-8-17/h2,4-5,7-10,20H,1,3,6,11-15H2/b4-2-,19-5+. The molecule has 1 aromatic rings. The number of amides is 1. The molecule has 138 valence electrons. The van der Waals surface area contributed by atoms with Gasteiger partial charge in [-0.25, -0.2) is 0 Å². The summed E-state index contributed by atoms with van der Waals surface area (Å²) in [5.41, 5.74) is 1.98. The molecule has 26 heavy (non-hydrogen) atoms. The fourth-order valence-electron chi connectivity index (χ4n) is 3.03. The van der Waals surface area contributed by atoms with Crippen LogP contribution < -0.4 is 0 Å². The zero-order valence-corrected chi connectivity index (χ0v) is 16.4. The molecule has 2 aliphatic rings. The third-order valence-electron chi connectivity index (χ3n) is 4.45. The summed E-state index contributed by atoms with van der Waals surface area (Å²) in [6.07, 6.45) is 8.18. The topological polar surface area (TPSA) is 38.8 Å². The van der Waals surface area contributed by atoms with Gasteiger partial charge in [0.05, 0.1) is 12.5 Å². The monoisotopic (exact) mass is 417 g/mol. The van der Waals surface area contributed by atoms with Crippen LogP contribution in [0, 0.1) is 0 Å². The minimum absolute atomic E-state index is 0.0383. The molecular weight excluding hydrogens is 394 g/mol. The molecule has 0 N–H and O–H groups in total. The zero-order chi connectivity index (χ0) is 18.4. The first kappa shape index (κ1) is 18.9. The first-order chi connectivity index (χ1) is 12.6. The van der Waals surface area contributed by atoms with E-state index in [1.165, 1.54) is 0 Å². The number of hydrogen-bond acceptors (Lipinski definition) is 3. The van der Waals surface area contributed by atoms with Gasteiger partial charge in [0.15, 0.2) is 0 Å². The lowest BCUT2D eigenvalue weighted by Gasteiger charge is -2.23. The highest BCUT2D eigenvalue weighted by molar-refractivity contribution is 9.10. The van der Waals surface area contributed by atoms with Gasteiger partial charge in [-0.05, 0) is 42.2 Å². The molecule has 0 aromatic heterocycles. The van der Waals surface area contributed by atoms with Crippen molar-refractivity contribution in [3.8, 4) is 0 Å². The number of hydrogen-bond donors (Lipinski definition) is 0. The third-order valence-corrected chi connectivity index (χ3v) is 4.98. The van der Waals surface area contributed by atoms with Gasteiger partial charge in [0.25, 0.3) is 0 Å². The number of halogens is 1. The number of ether oxygens (including phenoxy) is 2. The van der Waals surface area contributed by atoms with Crippen LogP contribution in [0.2, 0.25) is 0 Å². The van der Waals surface area contributed by atoms with Crippen LogP contribution in [0.25, 0.3) is 0 Å². The van der Waals surface area contributed by atoms with Crippen LogP contribution in [0.5, 0.6) is 0 Å². The molecule has 1 amide bonds. The van der Waals surface area contributed by atoms with Crippen molar-refractivity contribution < 1.29 is 14.3 Å². The van der Waals surface area contributed by atoms with Gasteiger partial charge in [-0.15, -0.1) is 0 Å². The first-order valence-corrected chi connectivity index (χ1v) is 9.71. The molecule has 5 heteroatoms. The highest BCUT2D eigenvalue weighted by Crippen LogP contribution is 2.19. The molecule has 3 rings (SSSR count). The fourth-order valence-corrected chi connectivity index (χ4v) is 3.29. The minimum atomic E-state index is 0.0383. The predicted molar refractivity (Wildman–Crippen MR) is 105 cm³/mol. The van der Waals surface area contributed by atoms with Crippen LogP contribution >= 0.6 is 15.9 Å². The van der Waals surface area contributed by atoms with E-state index < -0.39 is 0 Å². The van der Waals surface area contributed by atoms with Gasteiger partial charge in [-0.1, -0.05) is 46.8 Å². The molecular formula is C21H24BrNO3. The van der Waals surface area contributed by atoms with Gasteiger partial charge in [0.1, 0.15) is 12.4 Å². The summed E-state index contributed by atoms with van der Waals surface area (Å²) in [6, 6.07) is 8.02.